The van der Waals surface area contributed by atoms with Gasteiger partial charge in [-0.25, -0.2) is 4.98 Å². The summed E-state index contributed by atoms with van der Waals surface area (Å²) >= 11 is 0. The van der Waals surface area contributed by atoms with Gasteiger partial charge in [-0.2, -0.15) is 26.3 Å². The minimum Gasteiger partial charge on any atom is -0.355 e. The predicted molar refractivity (Wildman–Crippen MR) is 85.2 cm³/mol. The monoisotopic (exact) mass is 384 g/mol. The van der Waals surface area contributed by atoms with Crippen LogP contribution < -0.4 is 10.6 Å². The van der Waals surface area contributed by atoms with Gasteiger partial charge in [0.15, 0.2) is 0 Å². The van der Waals surface area contributed by atoms with Crippen LogP contribution in [-0.4, -0.2) is 22.3 Å². The molecule has 0 spiro atoms. The normalized spacial score (nSPS) is 16.1. The lowest BCUT2D eigenvalue weighted by atomic mass is 10.1. The molecule has 0 bridgehead atoms. The lowest BCUT2D eigenvalue weighted by Crippen LogP contribution is -2.29. The van der Waals surface area contributed by atoms with Crippen LogP contribution in [0.4, 0.5) is 26.3 Å². The van der Waals surface area contributed by atoms with Crippen LogP contribution in [0.1, 0.15) is 11.9 Å². The summed E-state index contributed by atoms with van der Waals surface area (Å²) in [5.74, 6) is 0. The topological polar surface area (TPSA) is 49.8 Å². The Morgan fingerprint density at radius 3 is 1.89 bits per heavy atom. The van der Waals surface area contributed by atoms with Crippen LogP contribution in [0.25, 0.3) is 21.8 Å². The maximum absolute atomic E-state index is 13.0. The number of allylic oxidation sites excluding steroid dienone is 2. The molecule has 0 saturated heterocycles. The molecule has 10 heteroatoms. The number of hydrogen-bond acceptors (Lipinski definition) is 4. The number of fused-ring (bicyclic) bond motifs is 3. The van der Waals surface area contributed by atoms with Crippen LogP contribution in [0.2, 0.25) is 0 Å². The Bertz CT molecular complexity index is 1040. The number of hydrogen-bond donors (Lipinski definition) is 2. The average molecular weight is 384 g/mol. The number of halogens is 6. The summed E-state index contributed by atoms with van der Waals surface area (Å²) in [7, 11) is 0. The van der Waals surface area contributed by atoms with Gasteiger partial charge in [-0.1, -0.05) is 24.3 Å². The van der Waals surface area contributed by atoms with E-state index in [1.165, 1.54) is 12.3 Å². The molecule has 4 rings (SSSR count). The van der Waals surface area contributed by atoms with E-state index in [-0.39, 0.29) is 5.69 Å². The average Bonchev–Trinajstić information content (AvgIpc) is 3.07. The second kappa shape index (κ2) is 5.73. The van der Waals surface area contributed by atoms with Crippen molar-refractivity contribution in [2.24, 2.45) is 0 Å². The van der Waals surface area contributed by atoms with Gasteiger partial charge < -0.3 is 10.6 Å². The quantitative estimate of drug-likeness (QED) is 0.485. The SMILES string of the molecule is FC(F)(F)C1=C(C(F)(F)F)NC(c2ccc3ccc4cccnc4c3n2)N1. The molecule has 4 nitrogen and oxygen atoms in total. The molecule has 0 saturated carbocycles. The fourth-order valence-corrected chi connectivity index (χ4v) is 2.96. The molecule has 140 valence electrons. The third kappa shape index (κ3) is 3.00. The van der Waals surface area contributed by atoms with Crippen molar-refractivity contribution in [3.8, 4) is 0 Å². The molecule has 2 aromatic heterocycles. The molecule has 3 heterocycles. The molecule has 0 amide bonds. The van der Waals surface area contributed by atoms with Crippen LogP contribution in [0.15, 0.2) is 54.0 Å². The molecule has 1 aliphatic heterocycles. The summed E-state index contributed by atoms with van der Waals surface area (Å²) in [5.41, 5.74) is -2.84. The van der Waals surface area contributed by atoms with Gasteiger partial charge >= 0.3 is 12.4 Å². The molecule has 0 atom stereocenters. The molecule has 0 aliphatic carbocycles. The molecule has 1 aliphatic rings. The Kier molecular flexibility index (Phi) is 3.69. The summed E-state index contributed by atoms with van der Waals surface area (Å²) in [6.07, 6.45) is -10.3. The van der Waals surface area contributed by atoms with E-state index in [1.54, 1.807) is 24.3 Å². The minimum atomic E-state index is -5.18. The third-order valence-electron chi connectivity index (χ3n) is 4.14. The summed E-state index contributed by atoms with van der Waals surface area (Å²) in [4.78, 5) is 8.48. The largest absolute Gasteiger partial charge is 0.433 e. The molecule has 2 N–H and O–H groups in total. The van der Waals surface area contributed by atoms with E-state index in [9.17, 15) is 26.3 Å². The smallest absolute Gasteiger partial charge is 0.355 e. The molecule has 1 aromatic carbocycles. The van der Waals surface area contributed by atoms with Gasteiger partial charge in [-0.05, 0) is 12.1 Å². The highest BCUT2D eigenvalue weighted by atomic mass is 19.4. The van der Waals surface area contributed by atoms with Crippen molar-refractivity contribution in [2.45, 2.75) is 18.5 Å². The fourth-order valence-electron chi connectivity index (χ4n) is 2.96. The second-order valence-electron chi connectivity index (χ2n) is 5.92. The number of alkyl halides is 6. The van der Waals surface area contributed by atoms with E-state index >= 15 is 0 Å². The number of pyridine rings is 2. The number of nitrogens with one attached hydrogen (secondary N) is 2. The van der Waals surface area contributed by atoms with E-state index in [2.05, 4.69) is 9.97 Å². The van der Waals surface area contributed by atoms with Crippen molar-refractivity contribution < 1.29 is 26.3 Å². The van der Waals surface area contributed by atoms with E-state index < -0.39 is 29.9 Å². The Morgan fingerprint density at radius 1 is 0.741 bits per heavy atom. The first-order valence-electron chi connectivity index (χ1n) is 7.71. The summed E-state index contributed by atoms with van der Waals surface area (Å²) in [6.45, 7) is 0. The van der Waals surface area contributed by atoms with E-state index in [4.69, 9.17) is 0 Å². The minimum absolute atomic E-state index is 0.0124. The Morgan fingerprint density at radius 2 is 1.30 bits per heavy atom. The van der Waals surface area contributed by atoms with E-state index in [0.29, 0.717) is 16.4 Å². The molecular formula is C17H10F6N4. The van der Waals surface area contributed by atoms with Gasteiger partial charge in [0, 0.05) is 17.0 Å². The van der Waals surface area contributed by atoms with Gasteiger partial charge in [-0.15, -0.1) is 0 Å². The molecule has 0 radical (unpaired) electrons. The third-order valence-corrected chi connectivity index (χ3v) is 4.14. The molecular weight excluding hydrogens is 374 g/mol. The second-order valence-corrected chi connectivity index (χ2v) is 5.92. The maximum atomic E-state index is 13.0. The van der Waals surface area contributed by atoms with Crippen LogP contribution in [0.3, 0.4) is 0 Å². The van der Waals surface area contributed by atoms with Gasteiger partial charge in [0.2, 0.25) is 0 Å². The predicted octanol–water partition coefficient (Wildman–Crippen LogP) is 4.31. The van der Waals surface area contributed by atoms with E-state index in [1.807, 2.05) is 16.7 Å². The van der Waals surface area contributed by atoms with Crippen molar-refractivity contribution in [2.75, 3.05) is 0 Å². The maximum Gasteiger partial charge on any atom is 0.433 e. The van der Waals surface area contributed by atoms with Crippen LogP contribution in [-0.2, 0) is 0 Å². The first kappa shape index (κ1) is 17.4. The summed E-state index contributed by atoms with van der Waals surface area (Å²) in [5, 5.41) is 5.14. The lowest BCUT2D eigenvalue weighted by molar-refractivity contribution is -0.117. The zero-order valence-corrected chi connectivity index (χ0v) is 13.3. The Balaban J connectivity index is 1.79. The first-order valence-corrected chi connectivity index (χ1v) is 7.71. The zero-order chi connectivity index (χ0) is 19.4. The van der Waals surface area contributed by atoms with Crippen molar-refractivity contribution in [3.05, 3.63) is 59.7 Å². The highest BCUT2D eigenvalue weighted by Crippen LogP contribution is 2.39. The zero-order valence-electron chi connectivity index (χ0n) is 13.3. The van der Waals surface area contributed by atoms with Gasteiger partial charge in [0.25, 0.3) is 0 Å². The molecule has 3 aromatic rings. The lowest BCUT2D eigenvalue weighted by Gasteiger charge is -2.15. The Labute approximate surface area is 147 Å². The van der Waals surface area contributed by atoms with Crippen LogP contribution in [0.5, 0.6) is 0 Å². The highest BCUT2D eigenvalue weighted by Gasteiger charge is 2.51. The van der Waals surface area contributed by atoms with Crippen molar-refractivity contribution >= 4 is 21.8 Å². The molecule has 27 heavy (non-hydrogen) atoms. The van der Waals surface area contributed by atoms with Crippen molar-refractivity contribution in [1.29, 1.82) is 0 Å². The van der Waals surface area contributed by atoms with Crippen molar-refractivity contribution in [3.63, 3.8) is 0 Å². The van der Waals surface area contributed by atoms with Gasteiger partial charge in [-0.3, -0.25) is 4.98 Å². The summed E-state index contributed by atoms with van der Waals surface area (Å²) in [6, 6.07) is 10.0. The van der Waals surface area contributed by atoms with Gasteiger partial charge in [0.1, 0.15) is 17.6 Å². The molecule has 0 unspecified atom stereocenters. The highest BCUT2D eigenvalue weighted by molar-refractivity contribution is 6.02. The first-order chi connectivity index (χ1) is 12.6. The number of nitrogens with zero attached hydrogens (tertiary/aromatic N) is 2. The van der Waals surface area contributed by atoms with E-state index in [0.717, 1.165) is 5.39 Å². The number of aromatic nitrogens is 2. The van der Waals surface area contributed by atoms with Crippen molar-refractivity contribution in [1.82, 2.24) is 20.6 Å². The number of benzene rings is 1. The summed E-state index contributed by atoms with van der Waals surface area (Å²) < 4.78 is 78.0. The van der Waals surface area contributed by atoms with Crippen LogP contribution >= 0.6 is 0 Å². The fraction of sp³-hybridized carbons (Fsp3) is 0.176. The Hall–Kier alpha value is -3.04. The van der Waals surface area contributed by atoms with Crippen LogP contribution in [0, 0.1) is 0 Å². The molecule has 0 fully saturated rings. The number of rotatable bonds is 1. The van der Waals surface area contributed by atoms with Gasteiger partial charge in [0.05, 0.1) is 16.7 Å². The standard InChI is InChI=1S/C17H10F6N4/c18-16(19,20)13-14(17(21,22)23)27-15(26-13)10-6-5-9-4-3-8-2-1-7-24-11(8)12(9)25-10/h1-7,15,26-27H.